The van der Waals surface area contributed by atoms with Crippen LogP contribution in [0.3, 0.4) is 0 Å². The molecule has 0 fully saturated rings. The highest BCUT2D eigenvalue weighted by Gasteiger charge is 2.23. The van der Waals surface area contributed by atoms with E-state index in [-0.39, 0.29) is 29.3 Å². The summed E-state index contributed by atoms with van der Waals surface area (Å²) < 4.78 is 5.80. The lowest BCUT2D eigenvalue weighted by atomic mass is 9.99. The van der Waals surface area contributed by atoms with Gasteiger partial charge in [0.25, 0.3) is 0 Å². The Balaban J connectivity index is 2.09. The molecular weight excluding hydrogens is 392 g/mol. The zero-order chi connectivity index (χ0) is 22.2. The minimum absolute atomic E-state index is 0.0328. The quantitative estimate of drug-likeness (QED) is 0.497. The fourth-order valence-electron chi connectivity index (χ4n) is 3.49. The number of Topliss-reactive ketones (excluding diaryl/α,β-unsaturated/α-hetero) is 1. The van der Waals surface area contributed by atoms with Crippen molar-refractivity contribution >= 4 is 17.8 Å². The normalized spacial score (nSPS) is 18.3. The first-order valence-corrected chi connectivity index (χ1v) is 10.3. The number of allylic oxidation sites excluding steroid dienone is 4. The first-order valence-electron chi connectivity index (χ1n) is 10.3. The molecule has 0 unspecified atom stereocenters. The molecule has 1 heterocycles. The Labute approximate surface area is 182 Å². The van der Waals surface area contributed by atoms with E-state index in [4.69, 9.17) is 4.74 Å². The fraction of sp³-hybridized carbons (Fsp3) is 0.231. The summed E-state index contributed by atoms with van der Waals surface area (Å²) in [4.78, 5) is 24.8. The van der Waals surface area contributed by atoms with Crippen molar-refractivity contribution in [2.75, 3.05) is 0 Å². The van der Waals surface area contributed by atoms with Crippen LogP contribution >= 0.6 is 0 Å². The van der Waals surface area contributed by atoms with E-state index in [0.717, 1.165) is 24.5 Å². The molecule has 1 atom stereocenters. The number of aromatic hydroxyl groups is 2. The van der Waals surface area contributed by atoms with Gasteiger partial charge < -0.3 is 14.9 Å². The Morgan fingerprint density at radius 2 is 1.81 bits per heavy atom. The number of phenols is 2. The van der Waals surface area contributed by atoms with Gasteiger partial charge in [-0.3, -0.25) is 4.79 Å². The molecule has 0 saturated carbocycles. The molecule has 1 aliphatic rings. The summed E-state index contributed by atoms with van der Waals surface area (Å²) >= 11 is 0. The second-order valence-electron chi connectivity index (χ2n) is 7.52. The summed E-state index contributed by atoms with van der Waals surface area (Å²) in [6.45, 7) is 1.49. The van der Waals surface area contributed by atoms with E-state index in [1.54, 1.807) is 6.08 Å². The highest BCUT2D eigenvalue weighted by molar-refractivity contribution is 5.97. The molecule has 0 saturated heterocycles. The molecule has 0 bridgehead atoms. The summed E-state index contributed by atoms with van der Waals surface area (Å²) in [6.07, 6.45) is 11.2. The zero-order valence-electron chi connectivity index (χ0n) is 17.5. The van der Waals surface area contributed by atoms with Gasteiger partial charge in [0, 0.05) is 18.9 Å². The number of cyclic esters (lactones) is 1. The number of carbonyl (C=O) groups excluding carboxylic acids is 2. The number of hydrogen-bond donors (Lipinski definition) is 2. The molecule has 2 aromatic rings. The molecular formula is C26H26O5. The Kier molecular flexibility index (Phi) is 7.44. The molecule has 5 nitrogen and oxygen atoms in total. The molecule has 0 radical (unpaired) electrons. The fourth-order valence-corrected chi connectivity index (χ4v) is 3.49. The maximum Gasteiger partial charge on any atom is 0.343 e. The number of phenolic OH excluding ortho intramolecular Hbond substituents is 2. The van der Waals surface area contributed by atoms with Crippen LogP contribution in [0.5, 0.6) is 11.5 Å². The van der Waals surface area contributed by atoms with Crippen molar-refractivity contribution in [3.63, 3.8) is 0 Å². The summed E-state index contributed by atoms with van der Waals surface area (Å²) in [5.74, 6) is -1.30. The molecule has 31 heavy (non-hydrogen) atoms. The molecule has 2 N–H and O–H groups in total. The summed E-state index contributed by atoms with van der Waals surface area (Å²) in [5.41, 5.74) is 1.77. The van der Waals surface area contributed by atoms with Crippen molar-refractivity contribution in [3.8, 4) is 11.5 Å². The molecule has 0 aliphatic carbocycles. The van der Waals surface area contributed by atoms with Gasteiger partial charge in [-0.1, -0.05) is 60.7 Å². The molecule has 160 valence electrons. The van der Waals surface area contributed by atoms with Crippen LogP contribution in [0.4, 0.5) is 0 Å². The van der Waals surface area contributed by atoms with Gasteiger partial charge in [0.05, 0.1) is 0 Å². The lowest BCUT2D eigenvalue weighted by Crippen LogP contribution is -2.13. The van der Waals surface area contributed by atoms with Crippen molar-refractivity contribution in [3.05, 3.63) is 89.0 Å². The monoisotopic (exact) mass is 418 g/mol. The number of carbonyl (C=O) groups is 2. The Hall–Kier alpha value is -3.60. The number of esters is 1. The third kappa shape index (κ3) is 6.19. The number of hydrogen-bond acceptors (Lipinski definition) is 5. The standard InChI is InChI=1S/C26H26O5/c1-18(27)14-19-10-6-3-2-4-9-13-24(20-11-7-5-8-12-20)31-26(30)25-21(15-19)16-22(28)17-23(25)29/h4-12,15-17,24,28-29H,2-3,13-14H2,1H3/b9-4+,10-6?,19-15?/t24-/m0/s1. The van der Waals surface area contributed by atoms with Crippen LogP contribution in [0.1, 0.15) is 60.2 Å². The highest BCUT2D eigenvalue weighted by Crippen LogP contribution is 2.32. The lowest BCUT2D eigenvalue weighted by Gasteiger charge is -2.19. The minimum Gasteiger partial charge on any atom is -0.508 e. The Morgan fingerprint density at radius 3 is 2.55 bits per heavy atom. The molecule has 0 amide bonds. The number of benzene rings is 2. The SMILES string of the molecule is CC(=O)CC1=Cc2cc(O)cc(O)c2C(=O)O[C@H](c2ccccc2)C/C=C/CCC=C1. The van der Waals surface area contributed by atoms with Gasteiger partial charge in [0.1, 0.15) is 28.9 Å². The van der Waals surface area contributed by atoms with Gasteiger partial charge in [-0.25, -0.2) is 4.79 Å². The third-order valence-corrected chi connectivity index (χ3v) is 4.90. The van der Waals surface area contributed by atoms with Gasteiger partial charge in [0.15, 0.2) is 0 Å². The average Bonchev–Trinajstić information content (AvgIpc) is 2.71. The van der Waals surface area contributed by atoms with E-state index in [1.807, 2.05) is 54.6 Å². The lowest BCUT2D eigenvalue weighted by molar-refractivity contribution is -0.116. The van der Waals surface area contributed by atoms with E-state index in [1.165, 1.54) is 13.0 Å². The first kappa shape index (κ1) is 22.1. The summed E-state index contributed by atoms with van der Waals surface area (Å²) in [5, 5.41) is 20.4. The van der Waals surface area contributed by atoms with Gasteiger partial charge in [-0.15, -0.1) is 0 Å². The van der Waals surface area contributed by atoms with E-state index < -0.39 is 12.1 Å². The smallest absolute Gasteiger partial charge is 0.343 e. The first-order chi connectivity index (χ1) is 14.9. The zero-order valence-corrected chi connectivity index (χ0v) is 17.5. The molecule has 5 heteroatoms. The Morgan fingerprint density at radius 1 is 1.06 bits per heavy atom. The minimum atomic E-state index is -0.700. The Bertz CT molecular complexity index is 1030. The maximum atomic E-state index is 13.1. The van der Waals surface area contributed by atoms with Crippen LogP contribution < -0.4 is 0 Å². The van der Waals surface area contributed by atoms with Crippen molar-refractivity contribution in [2.24, 2.45) is 0 Å². The van der Waals surface area contributed by atoms with Gasteiger partial charge in [-0.05, 0) is 42.5 Å². The maximum absolute atomic E-state index is 13.1. The number of ketones is 1. The van der Waals surface area contributed by atoms with E-state index in [2.05, 4.69) is 0 Å². The van der Waals surface area contributed by atoms with Gasteiger partial charge in [-0.2, -0.15) is 0 Å². The van der Waals surface area contributed by atoms with Crippen LogP contribution in [0.2, 0.25) is 0 Å². The van der Waals surface area contributed by atoms with Crippen LogP contribution in [0, 0.1) is 0 Å². The van der Waals surface area contributed by atoms with Gasteiger partial charge in [0.2, 0.25) is 0 Å². The molecule has 3 rings (SSSR count). The van der Waals surface area contributed by atoms with Crippen molar-refractivity contribution in [1.29, 1.82) is 0 Å². The predicted octanol–water partition coefficient (Wildman–Crippen LogP) is 5.65. The number of fused-ring (bicyclic) bond motifs is 1. The second kappa shape index (κ2) is 10.4. The average molecular weight is 418 g/mol. The summed E-state index contributed by atoms with van der Waals surface area (Å²) in [6, 6.07) is 11.9. The molecule has 0 spiro atoms. The topological polar surface area (TPSA) is 83.8 Å². The van der Waals surface area contributed by atoms with Crippen LogP contribution in [-0.4, -0.2) is 22.0 Å². The molecule has 0 aromatic heterocycles. The van der Waals surface area contributed by atoms with Gasteiger partial charge >= 0.3 is 5.97 Å². The molecule has 1 aliphatic heterocycles. The number of ether oxygens (including phenoxy) is 1. The van der Waals surface area contributed by atoms with Crippen molar-refractivity contribution in [2.45, 2.75) is 38.7 Å². The number of rotatable bonds is 3. The largest absolute Gasteiger partial charge is 0.508 e. The van der Waals surface area contributed by atoms with Crippen LogP contribution in [0.25, 0.3) is 6.08 Å². The summed E-state index contributed by atoms with van der Waals surface area (Å²) in [7, 11) is 0. The highest BCUT2D eigenvalue weighted by atomic mass is 16.5. The van der Waals surface area contributed by atoms with Crippen LogP contribution in [-0.2, 0) is 9.53 Å². The predicted molar refractivity (Wildman–Crippen MR) is 120 cm³/mol. The van der Waals surface area contributed by atoms with E-state index >= 15 is 0 Å². The second-order valence-corrected chi connectivity index (χ2v) is 7.52. The van der Waals surface area contributed by atoms with E-state index in [0.29, 0.717) is 17.6 Å². The molecule has 2 aromatic carbocycles. The van der Waals surface area contributed by atoms with E-state index in [9.17, 15) is 19.8 Å². The van der Waals surface area contributed by atoms with Crippen molar-refractivity contribution < 1.29 is 24.5 Å². The third-order valence-electron chi connectivity index (χ3n) is 4.90. The van der Waals surface area contributed by atoms with Crippen molar-refractivity contribution in [1.82, 2.24) is 0 Å². The van der Waals surface area contributed by atoms with Crippen LogP contribution in [0.15, 0.2) is 72.3 Å².